The predicted molar refractivity (Wildman–Crippen MR) is 96.4 cm³/mol. The molecule has 1 N–H and O–H groups in total. The molecular weight excluding hydrogens is 341 g/mol. The lowest BCUT2D eigenvalue weighted by Gasteiger charge is -2.18. The maximum atomic E-state index is 14.2. The third-order valence-electron chi connectivity index (χ3n) is 3.99. The fourth-order valence-corrected chi connectivity index (χ4v) is 3.98. The Morgan fingerprint density at radius 3 is 2.72 bits per heavy atom. The normalized spacial score (nSPS) is 11.0. The van der Waals surface area contributed by atoms with E-state index in [1.165, 1.54) is 29.4 Å². The SMILES string of the molecule is COCc1c(C(=O)N(C)Cc2ccccc2O)sc2cccc(F)c12. The van der Waals surface area contributed by atoms with Gasteiger partial charge in [0, 0.05) is 41.9 Å². The van der Waals surface area contributed by atoms with Gasteiger partial charge in [0.15, 0.2) is 0 Å². The van der Waals surface area contributed by atoms with Gasteiger partial charge in [0.05, 0.1) is 11.5 Å². The lowest BCUT2D eigenvalue weighted by Crippen LogP contribution is -2.26. The molecule has 0 atom stereocenters. The van der Waals surface area contributed by atoms with Crippen LogP contribution in [0.2, 0.25) is 0 Å². The second-order valence-electron chi connectivity index (χ2n) is 5.75. The molecule has 130 valence electrons. The first-order chi connectivity index (χ1) is 12.0. The summed E-state index contributed by atoms with van der Waals surface area (Å²) in [5, 5.41) is 10.3. The van der Waals surface area contributed by atoms with Crippen LogP contribution in [0.3, 0.4) is 0 Å². The number of rotatable bonds is 5. The van der Waals surface area contributed by atoms with E-state index in [4.69, 9.17) is 4.74 Å². The molecule has 0 saturated heterocycles. The van der Waals surface area contributed by atoms with Crippen molar-refractivity contribution in [3.63, 3.8) is 0 Å². The van der Waals surface area contributed by atoms with E-state index in [0.717, 1.165) is 0 Å². The number of para-hydroxylation sites is 1. The molecular formula is C19H18FNO3S. The summed E-state index contributed by atoms with van der Waals surface area (Å²) in [6, 6.07) is 11.7. The maximum Gasteiger partial charge on any atom is 0.264 e. The molecule has 1 amide bonds. The van der Waals surface area contributed by atoms with Crippen molar-refractivity contribution in [3.8, 4) is 5.75 Å². The number of methoxy groups -OCH3 is 1. The minimum atomic E-state index is -0.358. The maximum absolute atomic E-state index is 14.2. The van der Waals surface area contributed by atoms with Crippen molar-refractivity contribution in [2.45, 2.75) is 13.2 Å². The summed E-state index contributed by atoms with van der Waals surface area (Å²) in [6.45, 7) is 0.418. The van der Waals surface area contributed by atoms with Gasteiger partial charge in [0.2, 0.25) is 0 Å². The Morgan fingerprint density at radius 1 is 1.24 bits per heavy atom. The number of phenols is 1. The Balaban J connectivity index is 1.97. The molecule has 0 spiro atoms. The molecule has 6 heteroatoms. The molecule has 1 heterocycles. The van der Waals surface area contributed by atoms with E-state index in [-0.39, 0.29) is 30.6 Å². The number of hydrogen-bond acceptors (Lipinski definition) is 4. The van der Waals surface area contributed by atoms with Crippen molar-refractivity contribution in [2.24, 2.45) is 0 Å². The fraction of sp³-hybridized carbons (Fsp3) is 0.211. The number of nitrogens with zero attached hydrogens (tertiary/aromatic N) is 1. The molecule has 0 bridgehead atoms. The number of fused-ring (bicyclic) bond motifs is 1. The summed E-state index contributed by atoms with van der Waals surface area (Å²) in [6.07, 6.45) is 0. The molecule has 0 radical (unpaired) electrons. The van der Waals surface area contributed by atoms with Gasteiger partial charge in [-0.15, -0.1) is 11.3 Å². The number of aromatic hydroxyl groups is 1. The number of thiophene rings is 1. The van der Waals surface area contributed by atoms with Gasteiger partial charge in [0.25, 0.3) is 5.91 Å². The van der Waals surface area contributed by atoms with Crippen molar-refractivity contribution in [1.82, 2.24) is 4.90 Å². The monoisotopic (exact) mass is 359 g/mol. The Labute approximate surface area is 149 Å². The molecule has 3 aromatic rings. The Morgan fingerprint density at radius 2 is 2.00 bits per heavy atom. The number of halogens is 1. The Hall–Kier alpha value is -2.44. The molecule has 0 aliphatic carbocycles. The molecule has 0 aliphatic rings. The Kier molecular flexibility index (Phi) is 5.01. The Bertz CT molecular complexity index is 922. The number of carbonyl (C=O) groups is 1. The van der Waals surface area contributed by atoms with Crippen LogP contribution in [0.5, 0.6) is 5.75 Å². The van der Waals surface area contributed by atoms with Gasteiger partial charge in [-0.3, -0.25) is 4.79 Å². The number of benzene rings is 2. The van der Waals surface area contributed by atoms with E-state index in [9.17, 15) is 14.3 Å². The van der Waals surface area contributed by atoms with Crippen molar-refractivity contribution in [2.75, 3.05) is 14.2 Å². The number of carbonyl (C=O) groups excluding carboxylic acids is 1. The van der Waals surface area contributed by atoms with E-state index in [2.05, 4.69) is 0 Å². The largest absolute Gasteiger partial charge is 0.508 e. The predicted octanol–water partition coefficient (Wildman–Crippen LogP) is 4.16. The summed E-state index contributed by atoms with van der Waals surface area (Å²) in [7, 11) is 3.18. The van der Waals surface area contributed by atoms with E-state index in [1.54, 1.807) is 43.4 Å². The molecule has 2 aromatic carbocycles. The zero-order valence-electron chi connectivity index (χ0n) is 14.0. The van der Waals surface area contributed by atoms with E-state index in [1.807, 2.05) is 0 Å². The zero-order chi connectivity index (χ0) is 18.0. The second-order valence-corrected chi connectivity index (χ2v) is 6.80. The molecule has 4 nitrogen and oxygen atoms in total. The van der Waals surface area contributed by atoms with Crippen LogP contribution in [0, 0.1) is 5.82 Å². The lowest BCUT2D eigenvalue weighted by atomic mass is 10.1. The third kappa shape index (κ3) is 3.36. The molecule has 0 unspecified atom stereocenters. The summed E-state index contributed by atoms with van der Waals surface area (Å²) in [4.78, 5) is 14.9. The first-order valence-electron chi connectivity index (χ1n) is 7.74. The van der Waals surface area contributed by atoms with Crippen molar-refractivity contribution in [1.29, 1.82) is 0 Å². The van der Waals surface area contributed by atoms with Crippen LogP contribution in [-0.2, 0) is 17.9 Å². The van der Waals surface area contributed by atoms with Crippen molar-refractivity contribution >= 4 is 27.3 Å². The summed E-state index contributed by atoms with van der Waals surface area (Å²) < 4.78 is 20.1. The summed E-state index contributed by atoms with van der Waals surface area (Å²) in [5.74, 6) is -0.444. The van der Waals surface area contributed by atoms with Gasteiger partial charge in [-0.25, -0.2) is 4.39 Å². The second kappa shape index (κ2) is 7.21. The highest BCUT2D eigenvalue weighted by Crippen LogP contribution is 2.34. The first-order valence-corrected chi connectivity index (χ1v) is 8.55. The minimum Gasteiger partial charge on any atom is -0.508 e. The molecule has 25 heavy (non-hydrogen) atoms. The average Bonchev–Trinajstić information content (AvgIpc) is 2.96. The van der Waals surface area contributed by atoms with Crippen LogP contribution in [0.4, 0.5) is 4.39 Å². The van der Waals surface area contributed by atoms with E-state index in [0.29, 0.717) is 26.1 Å². The number of amides is 1. The molecule has 0 saturated carbocycles. The molecule has 0 aliphatic heterocycles. The summed E-state index contributed by atoms with van der Waals surface area (Å²) >= 11 is 1.26. The van der Waals surface area contributed by atoms with Gasteiger partial charge in [0.1, 0.15) is 11.6 Å². The van der Waals surface area contributed by atoms with Crippen LogP contribution in [0.25, 0.3) is 10.1 Å². The number of ether oxygens (including phenoxy) is 1. The standard InChI is InChI=1S/C19H18FNO3S/c1-21(10-12-6-3-4-8-15(12)22)19(23)18-13(11-24-2)17-14(20)7-5-9-16(17)25-18/h3-9,22H,10-11H2,1-2H3. The summed E-state index contributed by atoms with van der Waals surface area (Å²) in [5.41, 5.74) is 1.22. The van der Waals surface area contributed by atoms with E-state index >= 15 is 0 Å². The van der Waals surface area contributed by atoms with Gasteiger partial charge in [-0.1, -0.05) is 24.3 Å². The van der Waals surface area contributed by atoms with Crippen LogP contribution in [-0.4, -0.2) is 30.1 Å². The minimum absolute atomic E-state index is 0.140. The average molecular weight is 359 g/mol. The van der Waals surface area contributed by atoms with Crippen LogP contribution in [0.15, 0.2) is 42.5 Å². The van der Waals surface area contributed by atoms with Gasteiger partial charge in [-0.05, 0) is 18.2 Å². The lowest BCUT2D eigenvalue weighted by molar-refractivity contribution is 0.0785. The highest BCUT2D eigenvalue weighted by molar-refractivity contribution is 7.21. The topological polar surface area (TPSA) is 49.8 Å². The zero-order valence-corrected chi connectivity index (χ0v) is 14.8. The number of phenolic OH excluding ortho intramolecular Hbond substituents is 1. The van der Waals surface area contributed by atoms with Gasteiger partial charge in [-0.2, -0.15) is 0 Å². The molecule has 3 rings (SSSR count). The van der Waals surface area contributed by atoms with Crippen molar-refractivity contribution in [3.05, 3.63) is 64.3 Å². The van der Waals surface area contributed by atoms with Gasteiger partial charge >= 0.3 is 0 Å². The number of hydrogen-bond donors (Lipinski definition) is 1. The van der Waals surface area contributed by atoms with Crippen LogP contribution in [0.1, 0.15) is 20.8 Å². The smallest absolute Gasteiger partial charge is 0.264 e. The quantitative estimate of drug-likeness (QED) is 0.744. The van der Waals surface area contributed by atoms with Crippen LogP contribution < -0.4 is 0 Å². The third-order valence-corrected chi connectivity index (χ3v) is 5.18. The van der Waals surface area contributed by atoms with E-state index < -0.39 is 0 Å². The van der Waals surface area contributed by atoms with Crippen LogP contribution >= 0.6 is 11.3 Å². The molecule has 0 fully saturated rings. The fourth-order valence-electron chi connectivity index (χ4n) is 2.77. The first kappa shape index (κ1) is 17.4. The van der Waals surface area contributed by atoms with Crippen molar-refractivity contribution < 1.29 is 19.0 Å². The van der Waals surface area contributed by atoms with Gasteiger partial charge < -0.3 is 14.7 Å². The highest BCUT2D eigenvalue weighted by atomic mass is 32.1. The molecule has 1 aromatic heterocycles. The highest BCUT2D eigenvalue weighted by Gasteiger charge is 2.23.